The molecule has 1 aliphatic heterocycles. The van der Waals surface area contributed by atoms with Crippen molar-refractivity contribution in [2.75, 3.05) is 27.4 Å². The van der Waals surface area contributed by atoms with Crippen LogP contribution in [0.4, 0.5) is 4.79 Å². The fraction of sp³-hybridized carbons (Fsp3) is 0.650. The van der Waals surface area contributed by atoms with Crippen molar-refractivity contribution in [2.24, 2.45) is 5.92 Å². The van der Waals surface area contributed by atoms with Crippen molar-refractivity contribution in [2.45, 2.75) is 50.7 Å². The maximum Gasteiger partial charge on any atom is 0.410 e. The number of hydrogen-bond donors (Lipinski definition) is 1. The molecule has 1 N–H and O–H groups in total. The number of methoxy groups -OCH3 is 2. The van der Waals surface area contributed by atoms with Crippen LogP contribution in [0.15, 0.2) is 18.2 Å². The van der Waals surface area contributed by atoms with Crippen molar-refractivity contribution in [3.63, 3.8) is 0 Å². The molecule has 1 aliphatic carbocycles. The van der Waals surface area contributed by atoms with Crippen molar-refractivity contribution in [1.29, 1.82) is 0 Å². The normalized spacial score (nSPS) is 28.2. The molecule has 6 heteroatoms. The lowest BCUT2D eigenvalue weighted by Crippen LogP contribution is -2.56. The first-order chi connectivity index (χ1) is 12.5. The fourth-order valence-corrected chi connectivity index (χ4v) is 4.54. The van der Waals surface area contributed by atoms with Gasteiger partial charge in [0, 0.05) is 24.1 Å². The highest BCUT2D eigenvalue weighted by Gasteiger charge is 2.51. The molecule has 1 aromatic rings. The number of piperidine rings is 1. The smallest absolute Gasteiger partial charge is 0.410 e. The molecule has 6 nitrogen and oxygen atoms in total. The summed E-state index contributed by atoms with van der Waals surface area (Å²) in [4.78, 5) is 14.4. The Hall–Kier alpha value is -1.95. The summed E-state index contributed by atoms with van der Waals surface area (Å²) < 4.78 is 16.2. The zero-order valence-corrected chi connectivity index (χ0v) is 15.9. The van der Waals surface area contributed by atoms with Gasteiger partial charge in [0.05, 0.1) is 32.5 Å². The third kappa shape index (κ3) is 3.34. The third-order valence-corrected chi connectivity index (χ3v) is 5.83. The molecular formula is C20H29NO5. The van der Waals surface area contributed by atoms with Crippen LogP contribution in [-0.2, 0) is 4.74 Å². The van der Waals surface area contributed by atoms with E-state index in [0.717, 1.165) is 31.2 Å². The van der Waals surface area contributed by atoms with Crippen LogP contribution in [0.1, 0.15) is 50.6 Å². The highest BCUT2D eigenvalue weighted by Crippen LogP contribution is 2.51. The Kier molecular flexibility index (Phi) is 5.61. The van der Waals surface area contributed by atoms with E-state index >= 15 is 0 Å². The predicted molar refractivity (Wildman–Crippen MR) is 97.5 cm³/mol. The zero-order valence-electron chi connectivity index (χ0n) is 15.9. The molecule has 0 radical (unpaired) electrons. The van der Waals surface area contributed by atoms with Gasteiger partial charge in [0.25, 0.3) is 0 Å². The number of rotatable bonds is 4. The van der Waals surface area contributed by atoms with E-state index in [-0.39, 0.29) is 18.1 Å². The van der Waals surface area contributed by atoms with Gasteiger partial charge in [-0.2, -0.15) is 0 Å². The van der Waals surface area contributed by atoms with Gasteiger partial charge in [-0.25, -0.2) is 4.79 Å². The summed E-state index contributed by atoms with van der Waals surface area (Å²) in [6, 6.07) is 5.37. The molecule has 1 saturated carbocycles. The molecule has 2 aliphatic rings. The van der Waals surface area contributed by atoms with E-state index in [1.165, 1.54) is 0 Å². The molecular weight excluding hydrogens is 334 g/mol. The number of amides is 1. The van der Waals surface area contributed by atoms with Gasteiger partial charge in [0.15, 0.2) is 0 Å². The second-order valence-corrected chi connectivity index (χ2v) is 7.15. The van der Waals surface area contributed by atoms with Crippen LogP contribution in [0.2, 0.25) is 0 Å². The molecule has 0 unspecified atom stereocenters. The average molecular weight is 363 g/mol. The first-order valence-corrected chi connectivity index (χ1v) is 9.41. The Morgan fingerprint density at radius 2 is 2.08 bits per heavy atom. The number of likely N-dealkylation sites (tertiary alicyclic amines) is 1. The maximum absolute atomic E-state index is 12.6. The van der Waals surface area contributed by atoms with Gasteiger partial charge < -0.3 is 24.2 Å². The lowest BCUT2D eigenvalue weighted by atomic mass is 9.66. The zero-order chi connectivity index (χ0) is 18.7. The van der Waals surface area contributed by atoms with Crippen molar-refractivity contribution in [1.82, 2.24) is 4.90 Å². The maximum atomic E-state index is 12.6. The Morgan fingerprint density at radius 3 is 2.77 bits per heavy atom. The van der Waals surface area contributed by atoms with Gasteiger partial charge in [-0.1, -0.05) is 12.8 Å². The molecule has 0 aromatic heterocycles. The molecule has 2 fully saturated rings. The molecule has 144 valence electrons. The number of ether oxygens (including phenoxy) is 3. The molecule has 1 amide bonds. The first kappa shape index (κ1) is 18.8. The van der Waals surface area contributed by atoms with E-state index in [0.29, 0.717) is 31.1 Å². The summed E-state index contributed by atoms with van der Waals surface area (Å²) in [7, 11) is 3.22. The number of hydrogen-bond acceptors (Lipinski definition) is 5. The summed E-state index contributed by atoms with van der Waals surface area (Å²) in [5.41, 5.74) is 0.156. The summed E-state index contributed by atoms with van der Waals surface area (Å²) in [6.07, 6.45) is 4.00. The van der Waals surface area contributed by atoms with E-state index < -0.39 is 5.60 Å². The lowest BCUT2D eigenvalue weighted by Gasteiger charge is -2.52. The van der Waals surface area contributed by atoms with Crippen LogP contribution >= 0.6 is 0 Å². The summed E-state index contributed by atoms with van der Waals surface area (Å²) in [5.74, 6) is 1.33. The largest absolute Gasteiger partial charge is 0.497 e. The standard InChI is InChI=1S/C20H29NO5/c1-4-26-19(22)21-12-11-20(23)10-6-5-7-16(20)18(21)15-9-8-14(24-2)13-17(15)25-3/h8-9,13,16,18,23H,4-7,10-12H2,1-3H3/t16-,18-,20+/m0/s1. The quantitative estimate of drug-likeness (QED) is 0.886. The molecule has 1 saturated heterocycles. The van der Waals surface area contributed by atoms with E-state index in [1.807, 2.05) is 25.1 Å². The monoisotopic (exact) mass is 363 g/mol. The molecule has 1 aromatic carbocycles. The SMILES string of the molecule is CCOC(=O)N1CC[C@]2(O)CCCC[C@H]2[C@@H]1c1ccc(OC)cc1OC. The van der Waals surface area contributed by atoms with Gasteiger partial charge in [-0.3, -0.25) is 0 Å². The average Bonchev–Trinajstić information content (AvgIpc) is 2.66. The van der Waals surface area contributed by atoms with Gasteiger partial charge in [0.1, 0.15) is 11.5 Å². The van der Waals surface area contributed by atoms with Crippen LogP contribution in [-0.4, -0.2) is 49.1 Å². The summed E-state index contributed by atoms with van der Waals surface area (Å²) >= 11 is 0. The molecule has 0 bridgehead atoms. The Labute approximate surface area is 155 Å². The predicted octanol–water partition coefficient (Wildman–Crippen LogP) is 3.53. The number of carbonyl (C=O) groups is 1. The lowest BCUT2D eigenvalue weighted by molar-refractivity contribution is -0.118. The molecule has 26 heavy (non-hydrogen) atoms. The van der Waals surface area contributed by atoms with E-state index in [9.17, 15) is 9.90 Å². The van der Waals surface area contributed by atoms with Crippen LogP contribution < -0.4 is 9.47 Å². The molecule has 1 heterocycles. The Morgan fingerprint density at radius 1 is 1.27 bits per heavy atom. The van der Waals surface area contributed by atoms with E-state index in [1.54, 1.807) is 19.1 Å². The Balaban J connectivity index is 2.05. The second kappa shape index (κ2) is 7.74. The molecule has 3 atom stereocenters. The van der Waals surface area contributed by atoms with Gasteiger partial charge in [0.2, 0.25) is 0 Å². The number of aliphatic hydroxyl groups is 1. The highest BCUT2D eigenvalue weighted by molar-refractivity contribution is 5.69. The minimum Gasteiger partial charge on any atom is -0.497 e. The topological polar surface area (TPSA) is 68.2 Å². The minimum atomic E-state index is -0.739. The minimum absolute atomic E-state index is 0.0308. The van der Waals surface area contributed by atoms with Crippen molar-refractivity contribution in [3.8, 4) is 11.5 Å². The first-order valence-electron chi connectivity index (χ1n) is 9.41. The van der Waals surface area contributed by atoms with Crippen molar-refractivity contribution in [3.05, 3.63) is 23.8 Å². The number of nitrogens with zero attached hydrogens (tertiary/aromatic N) is 1. The van der Waals surface area contributed by atoms with Gasteiger partial charge in [-0.05, 0) is 38.3 Å². The second-order valence-electron chi connectivity index (χ2n) is 7.15. The van der Waals surface area contributed by atoms with Crippen LogP contribution in [0.25, 0.3) is 0 Å². The molecule has 0 spiro atoms. The highest BCUT2D eigenvalue weighted by atomic mass is 16.6. The van der Waals surface area contributed by atoms with Crippen LogP contribution in [0.5, 0.6) is 11.5 Å². The number of carbonyl (C=O) groups excluding carboxylic acids is 1. The Bertz CT molecular complexity index is 649. The fourth-order valence-electron chi connectivity index (χ4n) is 4.54. The number of benzene rings is 1. The molecule has 3 rings (SSSR count). The third-order valence-electron chi connectivity index (χ3n) is 5.83. The van der Waals surface area contributed by atoms with Gasteiger partial charge >= 0.3 is 6.09 Å². The van der Waals surface area contributed by atoms with Crippen molar-refractivity contribution < 1.29 is 24.1 Å². The van der Waals surface area contributed by atoms with E-state index in [4.69, 9.17) is 14.2 Å². The van der Waals surface area contributed by atoms with Gasteiger partial charge in [-0.15, -0.1) is 0 Å². The van der Waals surface area contributed by atoms with E-state index in [2.05, 4.69) is 0 Å². The summed E-state index contributed by atoms with van der Waals surface area (Å²) in [6.45, 7) is 2.62. The summed E-state index contributed by atoms with van der Waals surface area (Å²) in [5, 5.41) is 11.3. The van der Waals surface area contributed by atoms with Crippen LogP contribution in [0, 0.1) is 5.92 Å². The van der Waals surface area contributed by atoms with Crippen molar-refractivity contribution >= 4 is 6.09 Å². The van der Waals surface area contributed by atoms with Crippen LogP contribution in [0.3, 0.4) is 0 Å². The number of fused-ring (bicyclic) bond motifs is 1.